The first kappa shape index (κ1) is 35.2. The van der Waals surface area contributed by atoms with Crippen molar-refractivity contribution in [2.45, 2.75) is 64.1 Å². The zero-order valence-electron chi connectivity index (χ0n) is 27.2. The van der Waals surface area contributed by atoms with Crippen LogP contribution in [-0.4, -0.2) is 50.4 Å². The summed E-state index contributed by atoms with van der Waals surface area (Å²) < 4.78 is 50.5. The summed E-state index contributed by atoms with van der Waals surface area (Å²) in [5.41, 5.74) is 2.01. The summed E-state index contributed by atoms with van der Waals surface area (Å²) in [7, 11) is -4.32. The number of hydrogen-bond acceptors (Lipinski definition) is 5. The van der Waals surface area contributed by atoms with E-state index in [1.165, 1.54) is 23.1 Å². The van der Waals surface area contributed by atoms with Gasteiger partial charge < -0.3 is 15.0 Å². The second-order valence-electron chi connectivity index (χ2n) is 11.4. The summed E-state index contributed by atoms with van der Waals surface area (Å²) in [5.74, 6) is -1.38. The number of halogens is 1. The van der Waals surface area contributed by atoms with E-state index in [9.17, 15) is 18.0 Å². The Morgan fingerprint density at radius 3 is 2.17 bits per heavy atom. The van der Waals surface area contributed by atoms with Crippen molar-refractivity contribution < 1.29 is 27.1 Å². The average molecular weight is 660 g/mol. The van der Waals surface area contributed by atoms with Crippen LogP contribution >= 0.6 is 0 Å². The fourth-order valence-electron chi connectivity index (χ4n) is 5.10. The standard InChI is InChI=1S/C37H42FN3O5S/c1-5-28(4)39-37(43)34(24-29-14-8-7-9-15-29)40(25-30-16-10-11-17-32(30)38)36(42)26-41(33-18-12-13-19-35(33)46-6-2)47(44,45)31-22-20-27(3)21-23-31/h7-23,28,34H,5-6,24-26H2,1-4H3,(H,39,43)/t28-,34+/m0/s1. The van der Waals surface area contributed by atoms with Crippen LogP contribution in [0.1, 0.15) is 43.9 Å². The van der Waals surface area contributed by atoms with Gasteiger partial charge in [-0.1, -0.05) is 85.3 Å². The van der Waals surface area contributed by atoms with Crippen molar-refractivity contribution in [2.75, 3.05) is 17.5 Å². The molecule has 0 saturated heterocycles. The summed E-state index contributed by atoms with van der Waals surface area (Å²) in [4.78, 5) is 29.8. The lowest BCUT2D eigenvalue weighted by Crippen LogP contribution is -2.54. The predicted octanol–water partition coefficient (Wildman–Crippen LogP) is 6.28. The van der Waals surface area contributed by atoms with Crippen molar-refractivity contribution in [1.29, 1.82) is 0 Å². The summed E-state index contributed by atoms with van der Waals surface area (Å²) >= 11 is 0. The highest BCUT2D eigenvalue weighted by Crippen LogP contribution is 2.33. The van der Waals surface area contributed by atoms with Crippen LogP contribution < -0.4 is 14.4 Å². The molecule has 0 aromatic heterocycles. The number of rotatable bonds is 15. The molecule has 1 N–H and O–H groups in total. The fourth-order valence-corrected chi connectivity index (χ4v) is 6.52. The lowest BCUT2D eigenvalue weighted by atomic mass is 10.0. The van der Waals surface area contributed by atoms with E-state index in [4.69, 9.17) is 4.74 Å². The number of aryl methyl sites for hydroxylation is 1. The topological polar surface area (TPSA) is 96.0 Å². The van der Waals surface area contributed by atoms with E-state index >= 15 is 4.39 Å². The Kier molecular flexibility index (Phi) is 12.1. The molecule has 0 aliphatic heterocycles. The Labute approximate surface area is 277 Å². The van der Waals surface area contributed by atoms with Gasteiger partial charge in [0.25, 0.3) is 10.0 Å². The lowest BCUT2D eigenvalue weighted by molar-refractivity contribution is -0.140. The minimum Gasteiger partial charge on any atom is -0.492 e. The molecule has 0 radical (unpaired) electrons. The van der Waals surface area contributed by atoms with Gasteiger partial charge in [0.1, 0.15) is 24.2 Å². The minimum absolute atomic E-state index is 0.0156. The SMILES string of the molecule is CCOc1ccccc1N(CC(=O)N(Cc1ccccc1F)[C@H](Cc1ccccc1)C(=O)N[C@@H](C)CC)S(=O)(=O)c1ccc(C)cc1. The molecule has 4 aromatic rings. The van der Waals surface area contributed by atoms with Crippen LogP contribution in [0, 0.1) is 12.7 Å². The molecule has 0 aliphatic carbocycles. The van der Waals surface area contributed by atoms with E-state index in [0.717, 1.165) is 15.4 Å². The molecule has 0 saturated carbocycles. The quantitative estimate of drug-likeness (QED) is 0.162. The number of benzene rings is 4. The van der Waals surface area contributed by atoms with Gasteiger partial charge in [0.2, 0.25) is 11.8 Å². The van der Waals surface area contributed by atoms with E-state index in [2.05, 4.69) is 5.32 Å². The number of carbonyl (C=O) groups is 2. The molecule has 4 aromatic carbocycles. The van der Waals surface area contributed by atoms with Crippen molar-refractivity contribution in [3.63, 3.8) is 0 Å². The Bertz CT molecular complexity index is 1750. The fraction of sp³-hybridized carbons (Fsp3) is 0.297. The van der Waals surface area contributed by atoms with E-state index < -0.39 is 40.2 Å². The van der Waals surface area contributed by atoms with Crippen LogP contribution in [0.15, 0.2) is 108 Å². The second kappa shape index (κ2) is 16.2. The van der Waals surface area contributed by atoms with Crippen LogP contribution in [-0.2, 0) is 32.6 Å². The first-order valence-corrected chi connectivity index (χ1v) is 17.2. The van der Waals surface area contributed by atoms with Gasteiger partial charge >= 0.3 is 0 Å². The van der Waals surface area contributed by atoms with Gasteiger partial charge in [0.15, 0.2) is 0 Å². The number of nitrogens with zero attached hydrogens (tertiary/aromatic N) is 2. The molecule has 248 valence electrons. The van der Waals surface area contributed by atoms with Crippen LogP contribution in [0.25, 0.3) is 0 Å². The zero-order chi connectivity index (χ0) is 34.0. The van der Waals surface area contributed by atoms with Crippen LogP contribution in [0.2, 0.25) is 0 Å². The van der Waals surface area contributed by atoms with E-state index in [1.54, 1.807) is 61.5 Å². The molecule has 2 atom stereocenters. The molecule has 4 rings (SSSR count). The molecule has 0 fully saturated rings. The van der Waals surface area contributed by atoms with Gasteiger partial charge in [-0.2, -0.15) is 0 Å². The van der Waals surface area contributed by atoms with Crippen molar-refractivity contribution in [2.24, 2.45) is 0 Å². The summed E-state index contributed by atoms with van der Waals surface area (Å²) in [5, 5.41) is 2.98. The maximum absolute atomic E-state index is 15.1. The molecule has 2 amide bonds. The van der Waals surface area contributed by atoms with Crippen LogP contribution in [0.3, 0.4) is 0 Å². The maximum atomic E-state index is 15.1. The summed E-state index contributed by atoms with van der Waals surface area (Å²) in [6.45, 7) is 6.75. The minimum atomic E-state index is -4.32. The molecule has 0 unspecified atom stereocenters. The van der Waals surface area contributed by atoms with Gasteiger partial charge in [-0.25, -0.2) is 12.8 Å². The Hall–Kier alpha value is -4.70. The highest BCUT2D eigenvalue weighted by Gasteiger charge is 2.36. The monoisotopic (exact) mass is 659 g/mol. The number of nitrogens with one attached hydrogen (secondary N) is 1. The van der Waals surface area contributed by atoms with Gasteiger partial charge in [-0.05, 0) is 63.1 Å². The average Bonchev–Trinajstić information content (AvgIpc) is 3.07. The number of anilines is 1. The third kappa shape index (κ3) is 8.98. The zero-order valence-corrected chi connectivity index (χ0v) is 28.0. The molecular formula is C37H42FN3O5S. The molecule has 47 heavy (non-hydrogen) atoms. The van der Waals surface area contributed by atoms with Crippen LogP contribution in [0.4, 0.5) is 10.1 Å². The normalized spacial score (nSPS) is 12.5. The Balaban J connectivity index is 1.85. The predicted molar refractivity (Wildman–Crippen MR) is 182 cm³/mol. The second-order valence-corrected chi connectivity index (χ2v) is 13.2. The van der Waals surface area contributed by atoms with Crippen molar-refractivity contribution in [3.05, 3.63) is 126 Å². The number of hydrogen-bond donors (Lipinski definition) is 1. The maximum Gasteiger partial charge on any atom is 0.264 e. The molecule has 0 aliphatic rings. The Morgan fingerprint density at radius 2 is 1.51 bits per heavy atom. The molecule has 8 nitrogen and oxygen atoms in total. The highest BCUT2D eigenvalue weighted by atomic mass is 32.2. The molecule has 0 bridgehead atoms. The largest absolute Gasteiger partial charge is 0.492 e. The number of para-hydroxylation sites is 2. The van der Waals surface area contributed by atoms with Crippen molar-refractivity contribution in [1.82, 2.24) is 10.2 Å². The summed E-state index contributed by atoms with van der Waals surface area (Å²) in [6.07, 6.45) is 0.783. The first-order chi connectivity index (χ1) is 22.5. The van der Waals surface area contributed by atoms with Crippen molar-refractivity contribution in [3.8, 4) is 5.75 Å². The summed E-state index contributed by atoms with van der Waals surface area (Å²) in [6, 6.07) is 26.9. The van der Waals surface area contributed by atoms with Gasteiger partial charge in [0.05, 0.1) is 17.2 Å². The molecule has 10 heteroatoms. The smallest absolute Gasteiger partial charge is 0.264 e. The number of amides is 2. The van der Waals surface area contributed by atoms with Gasteiger partial charge in [-0.15, -0.1) is 0 Å². The Morgan fingerprint density at radius 1 is 0.872 bits per heavy atom. The van der Waals surface area contributed by atoms with E-state index in [1.807, 2.05) is 51.1 Å². The van der Waals surface area contributed by atoms with Crippen LogP contribution in [0.5, 0.6) is 5.75 Å². The highest BCUT2D eigenvalue weighted by molar-refractivity contribution is 7.92. The van der Waals surface area contributed by atoms with E-state index in [-0.39, 0.29) is 47.5 Å². The molecule has 0 heterocycles. The van der Waals surface area contributed by atoms with Gasteiger partial charge in [-0.3, -0.25) is 13.9 Å². The third-order valence-electron chi connectivity index (χ3n) is 7.89. The van der Waals surface area contributed by atoms with E-state index in [0.29, 0.717) is 6.42 Å². The lowest BCUT2D eigenvalue weighted by Gasteiger charge is -2.34. The number of carbonyl (C=O) groups excluding carboxylic acids is 2. The first-order valence-electron chi connectivity index (χ1n) is 15.7. The number of ether oxygens (including phenoxy) is 1. The van der Waals surface area contributed by atoms with Gasteiger partial charge in [0, 0.05) is 24.6 Å². The van der Waals surface area contributed by atoms with Crippen molar-refractivity contribution >= 4 is 27.5 Å². The third-order valence-corrected chi connectivity index (χ3v) is 9.67. The number of sulfonamides is 1. The molecule has 0 spiro atoms. The molecular weight excluding hydrogens is 617 g/mol.